The number of nitrogens with zero attached hydrogens (tertiary/aromatic N) is 3. The molecule has 1 amide bonds. The molecule has 2 heterocycles. The highest BCUT2D eigenvalue weighted by atomic mass is 19.1. The lowest BCUT2D eigenvalue weighted by atomic mass is 10.1. The van der Waals surface area contributed by atoms with Crippen molar-refractivity contribution >= 4 is 23.1 Å². The molecule has 0 atom stereocenters. The maximum Gasteiger partial charge on any atom is 0.261 e. The van der Waals surface area contributed by atoms with E-state index in [1.165, 1.54) is 12.3 Å². The summed E-state index contributed by atoms with van der Waals surface area (Å²) in [6.07, 6.45) is 1.34. The van der Waals surface area contributed by atoms with Gasteiger partial charge in [0.25, 0.3) is 5.91 Å². The van der Waals surface area contributed by atoms with Gasteiger partial charge >= 0.3 is 0 Å². The summed E-state index contributed by atoms with van der Waals surface area (Å²) in [6, 6.07) is 8.91. The van der Waals surface area contributed by atoms with Crippen molar-refractivity contribution in [3.63, 3.8) is 0 Å². The molecule has 3 rings (SSSR count). The van der Waals surface area contributed by atoms with Crippen LogP contribution in [-0.4, -0.2) is 31.0 Å². The molecule has 108 valence electrons. The summed E-state index contributed by atoms with van der Waals surface area (Å²) in [5.74, 6) is -1.43. The Kier molecular flexibility index (Phi) is 3.21. The third-order valence-corrected chi connectivity index (χ3v) is 3.63. The van der Waals surface area contributed by atoms with Gasteiger partial charge in [0.2, 0.25) is 0 Å². The Labute approximate surface area is 121 Å². The number of fused-ring (bicyclic) bond motifs is 1. The van der Waals surface area contributed by atoms with Gasteiger partial charge < -0.3 is 15.5 Å². The van der Waals surface area contributed by atoms with Crippen molar-refractivity contribution < 1.29 is 9.18 Å². The largest absolute Gasteiger partial charge is 0.381 e. The number of hydrogen-bond acceptors (Lipinski definition) is 4. The number of nitrogens with two attached hydrogens (primary N) is 1. The summed E-state index contributed by atoms with van der Waals surface area (Å²) >= 11 is 0. The van der Waals surface area contributed by atoms with E-state index in [1.54, 1.807) is 4.90 Å². The molecule has 0 fully saturated rings. The number of anilines is 3. The van der Waals surface area contributed by atoms with Crippen molar-refractivity contribution in [2.45, 2.75) is 0 Å². The first kappa shape index (κ1) is 13.4. The topological polar surface area (TPSA) is 62.5 Å². The molecular weight excluding hydrogens is 271 g/mol. The standard InChI is InChI=1S/C15H15FN4O/c1-19-8-9-20(12-5-3-2-4-11(12)19)15(21)10-6-7-18-14(17)13(10)16/h2-7H,8-9H2,1H3,(H2,17,18). The molecule has 0 unspecified atom stereocenters. The molecule has 0 spiro atoms. The molecule has 6 heteroatoms. The lowest BCUT2D eigenvalue weighted by Gasteiger charge is -2.35. The van der Waals surface area contributed by atoms with Crippen LogP contribution in [0.5, 0.6) is 0 Å². The SMILES string of the molecule is CN1CCN(C(=O)c2ccnc(N)c2F)c2ccccc21. The minimum atomic E-state index is -0.765. The number of benzene rings is 1. The number of carbonyl (C=O) groups is 1. The summed E-state index contributed by atoms with van der Waals surface area (Å²) in [6.45, 7) is 1.18. The molecule has 21 heavy (non-hydrogen) atoms. The molecule has 0 bridgehead atoms. The van der Waals surface area contributed by atoms with Crippen LogP contribution in [-0.2, 0) is 0 Å². The first-order valence-electron chi connectivity index (χ1n) is 6.61. The van der Waals surface area contributed by atoms with E-state index in [9.17, 15) is 9.18 Å². The van der Waals surface area contributed by atoms with Crippen LogP contribution < -0.4 is 15.5 Å². The predicted molar refractivity (Wildman–Crippen MR) is 80.0 cm³/mol. The van der Waals surface area contributed by atoms with Gasteiger partial charge in [0, 0.05) is 26.3 Å². The lowest BCUT2D eigenvalue weighted by Crippen LogP contribution is -2.43. The Morgan fingerprint density at radius 2 is 1.95 bits per heavy atom. The highest BCUT2D eigenvalue weighted by molar-refractivity contribution is 6.08. The van der Waals surface area contributed by atoms with E-state index in [2.05, 4.69) is 9.88 Å². The Hall–Kier alpha value is -2.63. The summed E-state index contributed by atoms with van der Waals surface area (Å²) in [7, 11) is 1.96. The Bertz CT molecular complexity index is 704. The number of pyridine rings is 1. The van der Waals surface area contributed by atoms with Gasteiger partial charge in [0.1, 0.15) is 0 Å². The summed E-state index contributed by atoms with van der Waals surface area (Å²) < 4.78 is 14.0. The molecular formula is C15H15FN4O. The fourth-order valence-corrected chi connectivity index (χ4v) is 2.49. The average molecular weight is 286 g/mol. The van der Waals surface area contributed by atoms with Crippen molar-refractivity contribution in [2.75, 3.05) is 35.7 Å². The Morgan fingerprint density at radius 1 is 1.24 bits per heavy atom. The number of rotatable bonds is 1. The number of halogens is 1. The van der Waals surface area contributed by atoms with Crippen molar-refractivity contribution in [1.29, 1.82) is 0 Å². The van der Waals surface area contributed by atoms with Gasteiger partial charge in [-0.3, -0.25) is 4.79 Å². The molecule has 0 aliphatic carbocycles. The average Bonchev–Trinajstić information content (AvgIpc) is 2.50. The summed E-state index contributed by atoms with van der Waals surface area (Å²) in [4.78, 5) is 19.9. The van der Waals surface area contributed by atoms with Crippen LogP contribution in [0.15, 0.2) is 36.5 Å². The van der Waals surface area contributed by atoms with Crippen LogP contribution in [0.3, 0.4) is 0 Å². The van der Waals surface area contributed by atoms with E-state index >= 15 is 0 Å². The second-order valence-corrected chi connectivity index (χ2v) is 4.92. The van der Waals surface area contributed by atoms with Gasteiger partial charge in [-0.25, -0.2) is 9.37 Å². The van der Waals surface area contributed by atoms with Crippen molar-refractivity contribution in [1.82, 2.24) is 4.98 Å². The van der Waals surface area contributed by atoms with Crippen LogP contribution in [0, 0.1) is 5.82 Å². The number of amides is 1. The molecule has 1 aromatic heterocycles. The summed E-state index contributed by atoms with van der Waals surface area (Å²) in [5.41, 5.74) is 7.10. The number of nitrogen functional groups attached to an aromatic ring is 1. The molecule has 1 aliphatic heterocycles. The lowest BCUT2D eigenvalue weighted by molar-refractivity contribution is 0.0983. The normalized spacial score (nSPS) is 14.0. The van der Waals surface area contributed by atoms with Crippen LogP contribution >= 0.6 is 0 Å². The van der Waals surface area contributed by atoms with Crippen LogP contribution in [0.2, 0.25) is 0 Å². The van der Waals surface area contributed by atoms with E-state index in [1.807, 2.05) is 31.3 Å². The minimum absolute atomic E-state index is 0.0538. The Morgan fingerprint density at radius 3 is 2.71 bits per heavy atom. The smallest absolute Gasteiger partial charge is 0.261 e. The van der Waals surface area contributed by atoms with Gasteiger partial charge in [-0.15, -0.1) is 0 Å². The van der Waals surface area contributed by atoms with E-state index < -0.39 is 11.7 Å². The van der Waals surface area contributed by atoms with Crippen LogP contribution in [0.25, 0.3) is 0 Å². The maximum atomic E-state index is 14.0. The van der Waals surface area contributed by atoms with Gasteiger partial charge in [-0.1, -0.05) is 12.1 Å². The number of para-hydroxylation sites is 2. The van der Waals surface area contributed by atoms with Gasteiger partial charge in [-0.2, -0.15) is 0 Å². The first-order valence-corrected chi connectivity index (χ1v) is 6.61. The zero-order valence-electron chi connectivity index (χ0n) is 11.6. The van der Waals surface area contributed by atoms with Gasteiger partial charge in [-0.05, 0) is 18.2 Å². The fraction of sp³-hybridized carbons (Fsp3) is 0.200. The molecule has 2 aromatic rings. The molecule has 1 aromatic carbocycles. The number of aromatic nitrogens is 1. The van der Waals surface area contributed by atoms with E-state index in [0.717, 1.165) is 11.4 Å². The first-order chi connectivity index (χ1) is 10.1. The minimum Gasteiger partial charge on any atom is -0.381 e. The van der Waals surface area contributed by atoms with Crippen molar-refractivity contribution in [3.8, 4) is 0 Å². The fourth-order valence-electron chi connectivity index (χ4n) is 2.49. The highest BCUT2D eigenvalue weighted by Gasteiger charge is 2.27. The van der Waals surface area contributed by atoms with Crippen LogP contribution in [0.4, 0.5) is 21.6 Å². The van der Waals surface area contributed by atoms with Gasteiger partial charge in [0.15, 0.2) is 11.6 Å². The molecule has 0 saturated heterocycles. The second kappa shape index (κ2) is 5.05. The number of hydrogen-bond donors (Lipinski definition) is 1. The third-order valence-electron chi connectivity index (χ3n) is 3.63. The molecule has 0 radical (unpaired) electrons. The van der Waals surface area contributed by atoms with Crippen molar-refractivity contribution in [3.05, 3.63) is 47.9 Å². The predicted octanol–water partition coefficient (Wildman–Crippen LogP) is 1.90. The Balaban J connectivity index is 2.03. The zero-order valence-corrected chi connectivity index (χ0v) is 11.6. The molecule has 5 nitrogen and oxygen atoms in total. The number of likely N-dealkylation sites (N-methyl/N-ethyl adjacent to an activating group) is 1. The third kappa shape index (κ3) is 2.18. The molecule has 0 saturated carbocycles. The highest BCUT2D eigenvalue weighted by Crippen LogP contribution is 2.33. The maximum absolute atomic E-state index is 14.0. The summed E-state index contributed by atoms with van der Waals surface area (Å²) in [5, 5.41) is 0. The van der Waals surface area contributed by atoms with Crippen LogP contribution in [0.1, 0.15) is 10.4 Å². The van der Waals surface area contributed by atoms with E-state index in [4.69, 9.17) is 5.73 Å². The van der Waals surface area contributed by atoms with E-state index in [0.29, 0.717) is 13.1 Å². The van der Waals surface area contributed by atoms with Gasteiger partial charge in [0.05, 0.1) is 16.9 Å². The van der Waals surface area contributed by atoms with Crippen molar-refractivity contribution in [2.24, 2.45) is 0 Å². The van der Waals surface area contributed by atoms with E-state index in [-0.39, 0.29) is 11.4 Å². The quantitative estimate of drug-likeness (QED) is 0.869. The molecule has 2 N–H and O–H groups in total. The second-order valence-electron chi connectivity index (χ2n) is 4.92. The monoisotopic (exact) mass is 286 g/mol. The zero-order chi connectivity index (χ0) is 15.0. The number of carbonyl (C=O) groups excluding carboxylic acids is 1. The molecule has 1 aliphatic rings.